The number of halogens is 2. The number of pyridine rings is 2. The van der Waals surface area contributed by atoms with Crippen LogP contribution in [0.25, 0.3) is 44.5 Å². The summed E-state index contributed by atoms with van der Waals surface area (Å²) in [5.41, 5.74) is 5.71. The number of hydrogen-bond acceptors (Lipinski definition) is 5. The van der Waals surface area contributed by atoms with E-state index in [1.807, 2.05) is 23.0 Å². The van der Waals surface area contributed by atoms with Gasteiger partial charge < -0.3 is 4.74 Å². The summed E-state index contributed by atoms with van der Waals surface area (Å²) in [6.45, 7) is 4.73. The van der Waals surface area contributed by atoms with Crippen LogP contribution in [0.5, 0.6) is 0 Å². The minimum atomic E-state index is -0.315. The molecule has 1 fully saturated rings. The Bertz CT molecular complexity index is 1510. The summed E-state index contributed by atoms with van der Waals surface area (Å²) in [6.07, 6.45) is 5.29. The van der Waals surface area contributed by atoms with E-state index in [9.17, 15) is 8.78 Å². The van der Waals surface area contributed by atoms with E-state index in [0.717, 1.165) is 71.7 Å². The summed E-state index contributed by atoms with van der Waals surface area (Å²) in [4.78, 5) is 11.7. The number of fused-ring (bicyclic) bond motifs is 1. The fourth-order valence-corrected chi connectivity index (χ4v) is 4.85. The Balaban J connectivity index is 1.59. The average Bonchev–Trinajstić information content (AvgIpc) is 3.35. The third kappa shape index (κ3) is 4.73. The van der Waals surface area contributed by atoms with Gasteiger partial charge in [-0.3, -0.25) is 9.88 Å². The molecule has 0 bridgehead atoms. The first-order valence-electron chi connectivity index (χ1n) is 12.3. The summed E-state index contributed by atoms with van der Waals surface area (Å²) in [6, 6.07) is 16.6. The minimum Gasteiger partial charge on any atom is -0.379 e. The van der Waals surface area contributed by atoms with Gasteiger partial charge in [-0.25, -0.2) is 18.4 Å². The number of morpholine rings is 1. The zero-order valence-corrected chi connectivity index (χ0v) is 20.1. The number of hydrogen-bond donors (Lipinski definition) is 0. The van der Waals surface area contributed by atoms with Crippen LogP contribution < -0.4 is 0 Å². The number of aromatic nitrogens is 4. The lowest BCUT2D eigenvalue weighted by Crippen LogP contribution is -2.38. The molecule has 0 spiro atoms. The van der Waals surface area contributed by atoms with Crippen molar-refractivity contribution >= 4 is 11.0 Å². The predicted octanol–water partition coefficient (Wildman–Crippen LogP) is 5.44. The van der Waals surface area contributed by atoms with Crippen molar-refractivity contribution in [2.45, 2.75) is 6.54 Å². The van der Waals surface area contributed by atoms with Crippen LogP contribution in [-0.4, -0.2) is 57.5 Å². The molecule has 186 valence electrons. The summed E-state index contributed by atoms with van der Waals surface area (Å²) in [7, 11) is 0. The summed E-state index contributed by atoms with van der Waals surface area (Å²) < 4.78 is 35.2. The third-order valence-electron chi connectivity index (χ3n) is 6.74. The first-order chi connectivity index (χ1) is 18.2. The lowest BCUT2D eigenvalue weighted by molar-refractivity contribution is 0.0361. The van der Waals surface area contributed by atoms with Crippen LogP contribution in [0.2, 0.25) is 0 Å². The van der Waals surface area contributed by atoms with Crippen molar-refractivity contribution < 1.29 is 13.5 Å². The van der Waals surface area contributed by atoms with Gasteiger partial charge in [-0.2, -0.15) is 5.10 Å². The van der Waals surface area contributed by atoms with Crippen molar-refractivity contribution in [3.05, 3.63) is 90.9 Å². The number of ether oxygens (including phenoxy) is 1. The SMILES string of the molecule is Fc1ccc(-c2nc3c(cnn3CCN3CCOCC3)c(-c3ccc(F)cc3)c2-c2ccncc2)cc1. The Morgan fingerprint density at radius 3 is 2.03 bits per heavy atom. The van der Waals surface area contributed by atoms with Gasteiger partial charge in [0.1, 0.15) is 11.6 Å². The molecule has 0 unspecified atom stereocenters. The Morgan fingerprint density at radius 1 is 0.730 bits per heavy atom. The van der Waals surface area contributed by atoms with E-state index in [0.29, 0.717) is 12.2 Å². The molecule has 6 nitrogen and oxygen atoms in total. The van der Waals surface area contributed by atoms with Crippen molar-refractivity contribution in [1.29, 1.82) is 0 Å². The molecule has 2 aromatic carbocycles. The monoisotopic (exact) mass is 497 g/mol. The number of nitrogens with zero attached hydrogens (tertiary/aromatic N) is 5. The van der Waals surface area contributed by atoms with Gasteiger partial charge in [0, 0.05) is 54.1 Å². The highest BCUT2D eigenvalue weighted by Gasteiger charge is 2.22. The molecule has 1 saturated heterocycles. The maximum Gasteiger partial charge on any atom is 0.159 e. The Labute approximate surface area is 213 Å². The molecule has 0 atom stereocenters. The van der Waals surface area contributed by atoms with Crippen LogP contribution in [0, 0.1) is 11.6 Å². The van der Waals surface area contributed by atoms with Crippen molar-refractivity contribution in [2.24, 2.45) is 0 Å². The molecule has 5 aromatic rings. The second-order valence-electron chi connectivity index (χ2n) is 9.02. The van der Waals surface area contributed by atoms with Crippen molar-refractivity contribution in [3.63, 3.8) is 0 Å². The van der Waals surface area contributed by atoms with Gasteiger partial charge in [0.25, 0.3) is 0 Å². The average molecular weight is 498 g/mol. The van der Waals surface area contributed by atoms with Crippen LogP contribution in [-0.2, 0) is 11.3 Å². The predicted molar refractivity (Wildman–Crippen MR) is 139 cm³/mol. The van der Waals surface area contributed by atoms with E-state index in [1.165, 1.54) is 24.3 Å². The molecule has 0 amide bonds. The normalized spacial score (nSPS) is 14.3. The van der Waals surface area contributed by atoms with Crippen LogP contribution in [0.15, 0.2) is 79.3 Å². The molecule has 0 aliphatic carbocycles. The summed E-state index contributed by atoms with van der Waals surface area (Å²) >= 11 is 0. The molecule has 0 N–H and O–H groups in total. The molecule has 8 heteroatoms. The van der Waals surface area contributed by atoms with Gasteiger partial charge in [-0.15, -0.1) is 0 Å². The van der Waals surface area contributed by atoms with Crippen LogP contribution >= 0.6 is 0 Å². The fraction of sp³-hybridized carbons (Fsp3) is 0.207. The standard InChI is InChI=1S/C29H25F2N5O/c30-23-5-1-20(2-6-23)26-25-19-33-36(14-13-35-15-17-37-18-16-35)29(25)34-28(22-3-7-24(31)8-4-22)27(26)21-9-11-32-12-10-21/h1-12,19H,13-18H2. The zero-order valence-electron chi connectivity index (χ0n) is 20.1. The highest BCUT2D eigenvalue weighted by molar-refractivity contribution is 6.06. The van der Waals surface area contributed by atoms with Gasteiger partial charge in [-0.1, -0.05) is 12.1 Å². The topological polar surface area (TPSA) is 56.1 Å². The highest BCUT2D eigenvalue weighted by Crippen LogP contribution is 2.43. The van der Waals surface area contributed by atoms with Gasteiger partial charge in [0.05, 0.1) is 31.6 Å². The molecule has 3 aromatic heterocycles. The molecular formula is C29H25F2N5O. The van der Waals surface area contributed by atoms with E-state index >= 15 is 0 Å². The lowest BCUT2D eigenvalue weighted by atomic mass is 9.89. The zero-order chi connectivity index (χ0) is 25.2. The molecular weight excluding hydrogens is 472 g/mol. The second-order valence-corrected chi connectivity index (χ2v) is 9.02. The Hall–Kier alpha value is -4.01. The molecule has 1 aliphatic rings. The molecule has 0 radical (unpaired) electrons. The lowest BCUT2D eigenvalue weighted by Gasteiger charge is -2.26. The van der Waals surface area contributed by atoms with Gasteiger partial charge >= 0.3 is 0 Å². The molecule has 6 rings (SSSR count). The van der Waals surface area contributed by atoms with Crippen LogP contribution in [0.4, 0.5) is 8.78 Å². The second kappa shape index (κ2) is 10.2. The number of benzene rings is 2. The Kier molecular flexibility index (Phi) is 6.42. The molecule has 37 heavy (non-hydrogen) atoms. The largest absolute Gasteiger partial charge is 0.379 e. The maximum absolute atomic E-state index is 13.9. The molecule has 0 saturated carbocycles. The van der Waals surface area contributed by atoms with Gasteiger partial charge in [-0.05, 0) is 59.7 Å². The smallest absolute Gasteiger partial charge is 0.159 e. The molecule has 4 heterocycles. The summed E-state index contributed by atoms with van der Waals surface area (Å²) in [5.74, 6) is -0.621. The van der Waals surface area contributed by atoms with Crippen molar-refractivity contribution in [1.82, 2.24) is 24.6 Å². The van der Waals surface area contributed by atoms with E-state index in [4.69, 9.17) is 14.8 Å². The van der Waals surface area contributed by atoms with E-state index in [1.54, 1.807) is 36.7 Å². The van der Waals surface area contributed by atoms with Crippen LogP contribution in [0.3, 0.4) is 0 Å². The molecule has 1 aliphatic heterocycles. The quantitative estimate of drug-likeness (QED) is 0.313. The number of rotatable bonds is 6. The van der Waals surface area contributed by atoms with E-state index in [-0.39, 0.29) is 11.6 Å². The maximum atomic E-state index is 13.9. The van der Waals surface area contributed by atoms with Gasteiger partial charge in [0.15, 0.2) is 5.65 Å². The van der Waals surface area contributed by atoms with E-state index < -0.39 is 0 Å². The van der Waals surface area contributed by atoms with Crippen molar-refractivity contribution in [2.75, 3.05) is 32.8 Å². The third-order valence-corrected chi connectivity index (χ3v) is 6.74. The highest BCUT2D eigenvalue weighted by atomic mass is 19.1. The fourth-order valence-electron chi connectivity index (χ4n) is 4.85. The first kappa shape index (κ1) is 23.4. The Morgan fingerprint density at radius 2 is 1.35 bits per heavy atom. The van der Waals surface area contributed by atoms with Crippen LogP contribution in [0.1, 0.15) is 0 Å². The first-order valence-corrected chi connectivity index (χ1v) is 12.3. The van der Waals surface area contributed by atoms with E-state index in [2.05, 4.69) is 9.88 Å². The van der Waals surface area contributed by atoms with Crippen molar-refractivity contribution in [3.8, 4) is 33.5 Å². The van der Waals surface area contributed by atoms with Gasteiger partial charge in [0.2, 0.25) is 0 Å². The minimum absolute atomic E-state index is 0.306. The summed E-state index contributed by atoms with van der Waals surface area (Å²) in [5, 5.41) is 5.58.